The summed E-state index contributed by atoms with van der Waals surface area (Å²) in [5.41, 5.74) is 0. The Kier molecular flexibility index (Phi) is 3.53. The fourth-order valence-electron chi connectivity index (χ4n) is 0.699. The van der Waals surface area contributed by atoms with Crippen LogP contribution in [0.5, 0.6) is 0 Å². The molecular formula is C8H4N2S2. The van der Waals surface area contributed by atoms with E-state index >= 15 is 0 Å². The normalized spacial score (nSPS) is 8.50. The lowest BCUT2D eigenvalue weighted by Gasteiger charge is -1.90. The highest BCUT2D eigenvalue weighted by molar-refractivity contribution is 8.04. The number of benzene rings is 1. The van der Waals surface area contributed by atoms with Gasteiger partial charge in [-0.05, 0) is 12.1 Å². The van der Waals surface area contributed by atoms with Gasteiger partial charge in [-0.25, -0.2) is 21.6 Å². The van der Waals surface area contributed by atoms with Gasteiger partial charge in [0.15, 0.2) is 0 Å². The van der Waals surface area contributed by atoms with E-state index in [1.165, 1.54) is 0 Å². The molecule has 0 saturated heterocycles. The first kappa shape index (κ1) is 8.99. The summed E-state index contributed by atoms with van der Waals surface area (Å²) in [7, 11) is 0. The van der Waals surface area contributed by atoms with E-state index in [9.17, 15) is 0 Å². The van der Waals surface area contributed by atoms with Crippen molar-refractivity contribution in [2.24, 2.45) is 0 Å². The van der Waals surface area contributed by atoms with Gasteiger partial charge in [0.2, 0.25) is 0 Å². The number of nitrogens with zero attached hydrogens (tertiary/aromatic N) is 2. The van der Waals surface area contributed by atoms with E-state index in [0.717, 1.165) is 33.7 Å². The highest BCUT2D eigenvalue weighted by atomic mass is 32.2. The Labute approximate surface area is 79.9 Å². The molecule has 0 unspecified atom stereocenters. The van der Waals surface area contributed by atoms with Crippen LogP contribution in [0.3, 0.4) is 0 Å². The molecule has 0 aromatic heterocycles. The third kappa shape index (κ3) is 2.20. The van der Waals surface area contributed by atoms with Crippen molar-refractivity contribution in [2.45, 2.75) is 9.79 Å². The highest BCUT2D eigenvalue weighted by Crippen LogP contribution is 2.31. The minimum atomic E-state index is 0.855. The predicted octanol–water partition coefficient (Wildman–Crippen LogP) is 3.54. The summed E-state index contributed by atoms with van der Waals surface area (Å²) in [6, 6.07) is 7.41. The molecule has 4 heteroatoms. The van der Waals surface area contributed by atoms with Crippen molar-refractivity contribution in [1.29, 1.82) is 0 Å². The average Bonchev–Trinajstić information content (AvgIpc) is 2.09. The molecule has 0 heterocycles. The van der Waals surface area contributed by atoms with Gasteiger partial charge < -0.3 is 0 Å². The molecule has 0 radical (unpaired) electrons. The van der Waals surface area contributed by atoms with Crippen LogP contribution in [-0.2, 0) is 0 Å². The van der Waals surface area contributed by atoms with Crippen LogP contribution in [0.1, 0.15) is 0 Å². The monoisotopic (exact) mass is 192 g/mol. The fraction of sp³-hybridized carbons (Fsp3) is 0. The minimum absolute atomic E-state index is 0.855. The third-order valence-electron chi connectivity index (χ3n) is 1.14. The summed E-state index contributed by atoms with van der Waals surface area (Å²) in [6.07, 6.45) is 0. The molecule has 2 nitrogen and oxygen atoms in total. The van der Waals surface area contributed by atoms with Crippen LogP contribution in [0, 0.1) is 13.1 Å². The number of hydrogen-bond acceptors (Lipinski definition) is 2. The van der Waals surface area contributed by atoms with E-state index in [0.29, 0.717) is 0 Å². The van der Waals surface area contributed by atoms with Crippen LogP contribution in [0.2, 0.25) is 0 Å². The zero-order valence-corrected chi connectivity index (χ0v) is 7.65. The molecule has 0 aliphatic carbocycles. The smallest absolute Gasteiger partial charge is 0.223 e. The fourth-order valence-corrected chi connectivity index (χ4v) is 1.71. The van der Waals surface area contributed by atoms with Crippen molar-refractivity contribution >= 4 is 23.9 Å². The van der Waals surface area contributed by atoms with Crippen LogP contribution in [0.15, 0.2) is 34.1 Å². The average molecular weight is 192 g/mol. The molecule has 0 aliphatic rings. The highest BCUT2D eigenvalue weighted by Gasteiger charge is 2.10. The second-order valence-electron chi connectivity index (χ2n) is 1.81. The summed E-state index contributed by atoms with van der Waals surface area (Å²) in [5, 5.41) is 0. The van der Waals surface area contributed by atoms with Gasteiger partial charge in [-0.15, -0.1) is 0 Å². The zero-order chi connectivity index (χ0) is 8.81. The van der Waals surface area contributed by atoms with Crippen LogP contribution >= 0.6 is 23.9 Å². The SMILES string of the molecule is [C-]#[N+]Sc1ccccc1S[N+]#[C-]. The molecule has 1 aromatic rings. The van der Waals surface area contributed by atoms with Crippen molar-refractivity contribution in [3.63, 3.8) is 0 Å². The van der Waals surface area contributed by atoms with Gasteiger partial charge in [0, 0.05) is 0 Å². The van der Waals surface area contributed by atoms with E-state index < -0.39 is 0 Å². The molecule has 0 fully saturated rings. The Morgan fingerprint density at radius 2 is 1.33 bits per heavy atom. The van der Waals surface area contributed by atoms with Gasteiger partial charge in [-0.2, -0.15) is 0 Å². The first-order valence-corrected chi connectivity index (χ1v) is 4.59. The van der Waals surface area contributed by atoms with E-state index in [1.54, 1.807) is 0 Å². The largest absolute Gasteiger partial charge is 0.296 e. The van der Waals surface area contributed by atoms with Gasteiger partial charge >= 0.3 is 0 Å². The van der Waals surface area contributed by atoms with Gasteiger partial charge in [0.25, 0.3) is 23.9 Å². The topological polar surface area (TPSA) is 8.72 Å². The van der Waals surface area contributed by atoms with Crippen molar-refractivity contribution in [1.82, 2.24) is 0 Å². The van der Waals surface area contributed by atoms with E-state index in [1.807, 2.05) is 24.3 Å². The molecule has 0 bridgehead atoms. The molecular weight excluding hydrogens is 188 g/mol. The van der Waals surface area contributed by atoms with E-state index in [-0.39, 0.29) is 0 Å². The molecule has 58 valence electrons. The lowest BCUT2D eigenvalue weighted by molar-refractivity contribution is 1.26. The van der Waals surface area contributed by atoms with Gasteiger partial charge in [0.05, 0.1) is 0 Å². The van der Waals surface area contributed by atoms with Gasteiger partial charge in [0.1, 0.15) is 9.79 Å². The molecule has 0 saturated carbocycles. The number of hydrogen-bond donors (Lipinski definition) is 0. The second-order valence-corrected chi connectivity index (χ2v) is 3.42. The predicted molar refractivity (Wildman–Crippen MR) is 51.4 cm³/mol. The van der Waals surface area contributed by atoms with E-state index in [4.69, 9.17) is 13.1 Å². The molecule has 1 aromatic carbocycles. The Balaban J connectivity index is 2.95. The lowest BCUT2D eigenvalue weighted by atomic mass is 10.4. The summed E-state index contributed by atoms with van der Waals surface area (Å²) in [4.78, 5) is 1.71. The summed E-state index contributed by atoms with van der Waals surface area (Å²) in [5.74, 6) is 0. The molecule has 1 rings (SSSR count). The standard InChI is InChI=1S/C8H4N2S2/c1-9-11-7-5-3-4-6-8(7)12-10-2/h3-6H. The summed E-state index contributed by atoms with van der Waals surface area (Å²) < 4.78 is 6.40. The van der Waals surface area contributed by atoms with Crippen molar-refractivity contribution in [3.05, 3.63) is 45.9 Å². The van der Waals surface area contributed by atoms with Crippen molar-refractivity contribution in [2.75, 3.05) is 0 Å². The minimum Gasteiger partial charge on any atom is -0.223 e. The Bertz CT molecular complexity index is 314. The molecule has 0 atom stereocenters. The Morgan fingerprint density at radius 1 is 0.917 bits per heavy atom. The maximum absolute atomic E-state index is 6.67. The second kappa shape index (κ2) is 4.71. The Hall–Kier alpha value is -1.10. The van der Waals surface area contributed by atoms with Crippen LogP contribution < -0.4 is 0 Å². The molecule has 0 spiro atoms. The third-order valence-corrected chi connectivity index (χ3v) is 2.55. The summed E-state index contributed by atoms with van der Waals surface area (Å²) in [6.45, 7) is 13.3. The van der Waals surface area contributed by atoms with Crippen molar-refractivity contribution in [3.8, 4) is 0 Å². The quantitative estimate of drug-likeness (QED) is 0.523. The van der Waals surface area contributed by atoms with Crippen molar-refractivity contribution < 1.29 is 0 Å². The molecule has 0 aliphatic heterocycles. The summed E-state index contributed by atoms with van der Waals surface area (Å²) >= 11 is 2.14. The van der Waals surface area contributed by atoms with Crippen LogP contribution in [0.4, 0.5) is 0 Å². The van der Waals surface area contributed by atoms with Gasteiger partial charge in [-0.1, -0.05) is 12.1 Å². The molecule has 12 heavy (non-hydrogen) atoms. The molecule has 0 amide bonds. The first-order valence-electron chi connectivity index (χ1n) is 3.05. The lowest BCUT2D eigenvalue weighted by Crippen LogP contribution is -1.71. The maximum atomic E-state index is 6.67. The van der Waals surface area contributed by atoms with E-state index in [2.05, 4.69) is 8.50 Å². The van der Waals surface area contributed by atoms with Crippen LogP contribution in [-0.4, -0.2) is 0 Å². The maximum Gasteiger partial charge on any atom is 0.296 e. The number of rotatable bonds is 2. The molecule has 0 N–H and O–H groups in total. The zero-order valence-electron chi connectivity index (χ0n) is 6.02. The Morgan fingerprint density at radius 3 is 1.67 bits per heavy atom. The van der Waals surface area contributed by atoms with Crippen LogP contribution in [0.25, 0.3) is 8.50 Å². The first-order chi connectivity index (χ1) is 5.88. The van der Waals surface area contributed by atoms with Gasteiger partial charge in [-0.3, -0.25) is 0 Å².